The van der Waals surface area contributed by atoms with Crippen molar-refractivity contribution in [2.75, 3.05) is 18.2 Å². The monoisotopic (exact) mass is 274 g/mol. The average molecular weight is 275 g/mol. The second-order valence-corrected chi connectivity index (χ2v) is 4.70. The van der Waals surface area contributed by atoms with E-state index in [-0.39, 0.29) is 5.97 Å². The summed E-state index contributed by atoms with van der Waals surface area (Å²) in [4.78, 5) is 19.9. The summed E-state index contributed by atoms with van der Waals surface area (Å²) < 4.78 is 4.90. The Labute approximate surface area is 110 Å². The summed E-state index contributed by atoms with van der Waals surface area (Å²) in [6, 6.07) is 0. The van der Waals surface area contributed by atoms with Crippen LogP contribution in [0.15, 0.2) is 11.4 Å². The molecule has 4 nitrogen and oxygen atoms in total. The molecule has 1 rings (SSSR count). The SMILES string of the molecule is CCOC(=O)c1cnc(SCCCCl)nc1C. The number of carbonyl (C=O) groups excluding carboxylic acids is 1. The first-order valence-corrected chi connectivity index (χ1v) is 6.90. The van der Waals surface area contributed by atoms with Crippen molar-refractivity contribution in [2.45, 2.75) is 25.4 Å². The lowest BCUT2D eigenvalue weighted by Gasteiger charge is -2.05. The van der Waals surface area contributed by atoms with Crippen LogP contribution < -0.4 is 0 Å². The number of thioether (sulfide) groups is 1. The number of hydrogen-bond acceptors (Lipinski definition) is 5. The van der Waals surface area contributed by atoms with Gasteiger partial charge in [0.1, 0.15) is 0 Å². The third-order valence-corrected chi connectivity index (χ3v) is 3.18. The van der Waals surface area contributed by atoms with E-state index in [4.69, 9.17) is 16.3 Å². The number of carbonyl (C=O) groups is 1. The van der Waals surface area contributed by atoms with Gasteiger partial charge in [-0.3, -0.25) is 0 Å². The Balaban J connectivity index is 2.68. The molecule has 0 aliphatic carbocycles. The molecule has 1 aromatic heterocycles. The van der Waals surface area contributed by atoms with Crippen LogP contribution in [0.3, 0.4) is 0 Å². The molecule has 0 aliphatic heterocycles. The molecule has 1 heterocycles. The molecule has 0 aromatic carbocycles. The van der Waals surface area contributed by atoms with Crippen molar-refractivity contribution >= 4 is 29.3 Å². The van der Waals surface area contributed by atoms with Gasteiger partial charge in [0.15, 0.2) is 5.16 Å². The highest BCUT2D eigenvalue weighted by Gasteiger charge is 2.12. The van der Waals surface area contributed by atoms with Gasteiger partial charge in [0.05, 0.1) is 17.9 Å². The van der Waals surface area contributed by atoms with Gasteiger partial charge in [0.2, 0.25) is 0 Å². The molecular weight excluding hydrogens is 260 g/mol. The van der Waals surface area contributed by atoms with Gasteiger partial charge >= 0.3 is 5.97 Å². The number of nitrogens with zero attached hydrogens (tertiary/aromatic N) is 2. The van der Waals surface area contributed by atoms with Gasteiger partial charge in [-0.25, -0.2) is 14.8 Å². The standard InChI is InChI=1S/C11H15ClN2O2S/c1-3-16-10(15)9-7-13-11(14-8(9)2)17-6-4-5-12/h7H,3-6H2,1-2H3. The van der Waals surface area contributed by atoms with E-state index in [0.717, 1.165) is 12.2 Å². The fraction of sp³-hybridized carbons (Fsp3) is 0.545. The maximum atomic E-state index is 11.5. The molecule has 0 unspecified atom stereocenters. The first-order valence-electron chi connectivity index (χ1n) is 5.38. The van der Waals surface area contributed by atoms with Crippen molar-refractivity contribution in [1.82, 2.24) is 9.97 Å². The van der Waals surface area contributed by atoms with Gasteiger partial charge in [0, 0.05) is 17.8 Å². The molecule has 94 valence electrons. The minimum Gasteiger partial charge on any atom is -0.462 e. The molecular formula is C11H15ClN2O2S. The summed E-state index contributed by atoms with van der Waals surface area (Å²) in [5.41, 5.74) is 1.07. The third-order valence-electron chi connectivity index (χ3n) is 1.96. The number of hydrogen-bond donors (Lipinski definition) is 0. The van der Waals surface area contributed by atoms with Crippen molar-refractivity contribution < 1.29 is 9.53 Å². The molecule has 17 heavy (non-hydrogen) atoms. The Bertz CT molecular complexity index is 388. The number of aryl methyl sites for hydroxylation is 1. The number of esters is 1. The zero-order valence-corrected chi connectivity index (χ0v) is 11.5. The third kappa shape index (κ3) is 4.52. The summed E-state index contributed by atoms with van der Waals surface area (Å²) >= 11 is 7.12. The van der Waals surface area contributed by atoms with Crippen LogP contribution in [0.2, 0.25) is 0 Å². The molecule has 0 radical (unpaired) electrons. The number of aromatic nitrogens is 2. The Morgan fingerprint density at radius 2 is 2.35 bits per heavy atom. The van der Waals surface area contributed by atoms with E-state index in [9.17, 15) is 4.79 Å². The van der Waals surface area contributed by atoms with E-state index in [2.05, 4.69) is 9.97 Å². The van der Waals surface area contributed by atoms with Gasteiger partial charge in [-0.1, -0.05) is 11.8 Å². The lowest BCUT2D eigenvalue weighted by molar-refractivity contribution is 0.0524. The van der Waals surface area contributed by atoms with Crippen LogP contribution in [-0.2, 0) is 4.74 Å². The highest BCUT2D eigenvalue weighted by atomic mass is 35.5. The average Bonchev–Trinajstić information content (AvgIpc) is 2.29. The molecule has 6 heteroatoms. The van der Waals surface area contributed by atoms with Crippen LogP contribution in [0.4, 0.5) is 0 Å². The summed E-state index contributed by atoms with van der Waals surface area (Å²) in [5.74, 6) is 1.14. The van der Waals surface area contributed by atoms with Gasteiger partial charge < -0.3 is 4.74 Å². The number of rotatable bonds is 6. The van der Waals surface area contributed by atoms with Crippen LogP contribution >= 0.6 is 23.4 Å². The maximum Gasteiger partial charge on any atom is 0.341 e. The number of halogens is 1. The van der Waals surface area contributed by atoms with Gasteiger partial charge in [0.25, 0.3) is 0 Å². The summed E-state index contributed by atoms with van der Waals surface area (Å²) in [7, 11) is 0. The van der Waals surface area contributed by atoms with Crippen LogP contribution in [0, 0.1) is 6.92 Å². The summed E-state index contributed by atoms with van der Waals surface area (Å²) in [6.07, 6.45) is 2.43. The molecule has 0 N–H and O–H groups in total. The number of ether oxygens (including phenoxy) is 1. The fourth-order valence-electron chi connectivity index (χ4n) is 1.14. The highest BCUT2D eigenvalue weighted by Crippen LogP contribution is 2.16. The van der Waals surface area contributed by atoms with Crippen LogP contribution in [-0.4, -0.2) is 34.2 Å². The van der Waals surface area contributed by atoms with E-state index in [1.165, 1.54) is 18.0 Å². The molecule has 0 atom stereocenters. The molecule has 0 saturated heterocycles. The predicted molar refractivity (Wildman–Crippen MR) is 68.8 cm³/mol. The zero-order chi connectivity index (χ0) is 12.7. The molecule has 0 spiro atoms. The van der Waals surface area contributed by atoms with E-state index in [1.807, 2.05) is 0 Å². The molecule has 0 amide bonds. The number of alkyl halides is 1. The normalized spacial score (nSPS) is 10.3. The summed E-state index contributed by atoms with van der Waals surface area (Å²) in [6.45, 7) is 3.90. The zero-order valence-electron chi connectivity index (χ0n) is 9.90. The summed E-state index contributed by atoms with van der Waals surface area (Å²) in [5, 5.41) is 0.667. The Kier molecular flexibility index (Phi) is 6.29. The van der Waals surface area contributed by atoms with E-state index >= 15 is 0 Å². The van der Waals surface area contributed by atoms with Crippen molar-refractivity contribution in [1.29, 1.82) is 0 Å². The van der Waals surface area contributed by atoms with Gasteiger partial charge in [-0.2, -0.15) is 0 Å². The smallest absolute Gasteiger partial charge is 0.341 e. The largest absolute Gasteiger partial charge is 0.462 e. The second-order valence-electron chi connectivity index (χ2n) is 3.26. The van der Waals surface area contributed by atoms with E-state index in [1.54, 1.807) is 13.8 Å². The van der Waals surface area contributed by atoms with Crippen molar-refractivity contribution in [3.63, 3.8) is 0 Å². The van der Waals surface area contributed by atoms with Gasteiger partial charge in [-0.15, -0.1) is 11.6 Å². The van der Waals surface area contributed by atoms with E-state index in [0.29, 0.717) is 28.9 Å². The first-order chi connectivity index (χ1) is 8.19. The lowest BCUT2D eigenvalue weighted by atomic mass is 10.2. The van der Waals surface area contributed by atoms with Crippen molar-refractivity contribution in [2.24, 2.45) is 0 Å². The Hall–Kier alpha value is -0.810. The fourth-order valence-corrected chi connectivity index (χ4v) is 2.23. The van der Waals surface area contributed by atoms with Gasteiger partial charge in [-0.05, 0) is 20.3 Å². The Morgan fingerprint density at radius 1 is 1.59 bits per heavy atom. The van der Waals surface area contributed by atoms with Crippen LogP contribution in [0.25, 0.3) is 0 Å². The minimum absolute atomic E-state index is 0.352. The molecule has 0 bridgehead atoms. The van der Waals surface area contributed by atoms with Crippen LogP contribution in [0.1, 0.15) is 29.4 Å². The van der Waals surface area contributed by atoms with Crippen molar-refractivity contribution in [3.05, 3.63) is 17.5 Å². The van der Waals surface area contributed by atoms with Crippen molar-refractivity contribution in [3.8, 4) is 0 Å². The van der Waals surface area contributed by atoms with E-state index < -0.39 is 0 Å². The lowest BCUT2D eigenvalue weighted by Crippen LogP contribution is -2.09. The molecule has 0 saturated carbocycles. The first kappa shape index (κ1) is 14.3. The highest BCUT2D eigenvalue weighted by molar-refractivity contribution is 7.99. The molecule has 0 aliphatic rings. The maximum absolute atomic E-state index is 11.5. The molecule has 1 aromatic rings. The second kappa shape index (κ2) is 7.50. The molecule has 0 fully saturated rings. The topological polar surface area (TPSA) is 52.1 Å². The Morgan fingerprint density at radius 3 is 2.94 bits per heavy atom. The van der Waals surface area contributed by atoms with Crippen LogP contribution in [0.5, 0.6) is 0 Å². The predicted octanol–water partition coefficient (Wildman–Crippen LogP) is 2.68. The quantitative estimate of drug-likeness (QED) is 0.262. The minimum atomic E-state index is -0.373.